The Balaban J connectivity index is 2.13. The number of nitrogens with zero attached hydrogens (tertiary/aromatic N) is 1. The molecule has 1 aliphatic heterocycles. The molecule has 0 bridgehead atoms. The predicted octanol–water partition coefficient (Wildman–Crippen LogP) is 1.89. The smallest absolute Gasteiger partial charge is 0.124 e. The van der Waals surface area contributed by atoms with E-state index in [4.69, 9.17) is 9.47 Å². The number of hydrogen-bond donors (Lipinski definition) is 1. The van der Waals surface area contributed by atoms with Gasteiger partial charge in [0.15, 0.2) is 0 Å². The van der Waals surface area contributed by atoms with Gasteiger partial charge in [-0.1, -0.05) is 12.1 Å². The van der Waals surface area contributed by atoms with Crippen molar-refractivity contribution in [3.63, 3.8) is 0 Å². The predicted molar refractivity (Wildman–Crippen MR) is 79.2 cm³/mol. The summed E-state index contributed by atoms with van der Waals surface area (Å²) < 4.78 is 10.8. The van der Waals surface area contributed by atoms with Crippen molar-refractivity contribution in [2.75, 3.05) is 27.4 Å². The second kappa shape index (κ2) is 6.57. The summed E-state index contributed by atoms with van der Waals surface area (Å²) in [6.45, 7) is 6.05. The molecule has 112 valence electrons. The number of benzene rings is 1. The van der Waals surface area contributed by atoms with Crippen LogP contribution >= 0.6 is 0 Å². The number of methoxy groups -OCH3 is 2. The Bertz CT molecular complexity index is 438. The van der Waals surface area contributed by atoms with E-state index in [9.17, 15) is 5.11 Å². The standard InChI is InChI=1S/C16H25NO3/c1-11-5-13(6-12(2)16(11)20-4)8-17-9-15(19-3)7-14(17)10-18/h5-6,14-15,18H,7-10H2,1-4H3/t14-,15-/m0/s1. The van der Waals surface area contributed by atoms with E-state index in [2.05, 4.69) is 30.9 Å². The molecule has 1 aliphatic rings. The van der Waals surface area contributed by atoms with Crippen molar-refractivity contribution in [3.8, 4) is 5.75 Å². The molecule has 20 heavy (non-hydrogen) atoms. The second-order valence-electron chi connectivity index (χ2n) is 5.62. The second-order valence-corrected chi connectivity index (χ2v) is 5.62. The summed E-state index contributed by atoms with van der Waals surface area (Å²) in [5.74, 6) is 0.962. The van der Waals surface area contributed by atoms with Gasteiger partial charge in [-0.25, -0.2) is 0 Å². The van der Waals surface area contributed by atoms with E-state index in [-0.39, 0.29) is 18.8 Å². The number of hydrogen-bond acceptors (Lipinski definition) is 4. The van der Waals surface area contributed by atoms with E-state index < -0.39 is 0 Å². The lowest BCUT2D eigenvalue weighted by Gasteiger charge is -2.23. The third-order valence-corrected chi connectivity index (χ3v) is 4.14. The molecule has 4 nitrogen and oxygen atoms in total. The van der Waals surface area contributed by atoms with Crippen LogP contribution in [0, 0.1) is 13.8 Å². The van der Waals surface area contributed by atoms with Crippen molar-refractivity contribution in [1.82, 2.24) is 4.90 Å². The summed E-state index contributed by atoms with van der Waals surface area (Å²) >= 11 is 0. The third kappa shape index (κ3) is 3.14. The Morgan fingerprint density at radius 2 is 1.90 bits per heavy atom. The molecule has 1 saturated heterocycles. The van der Waals surface area contributed by atoms with Crippen molar-refractivity contribution >= 4 is 0 Å². The summed E-state index contributed by atoms with van der Waals surface area (Å²) in [6, 6.07) is 4.53. The van der Waals surface area contributed by atoms with E-state index >= 15 is 0 Å². The molecule has 4 heteroatoms. The summed E-state index contributed by atoms with van der Waals surface area (Å²) in [6.07, 6.45) is 1.13. The first kappa shape index (κ1) is 15.3. The molecule has 1 aromatic carbocycles. The van der Waals surface area contributed by atoms with Gasteiger partial charge in [0.2, 0.25) is 0 Å². The Labute approximate surface area is 121 Å². The van der Waals surface area contributed by atoms with Gasteiger partial charge in [0.05, 0.1) is 19.8 Å². The average Bonchev–Trinajstić information content (AvgIpc) is 2.80. The molecular formula is C16H25NO3. The summed E-state index contributed by atoms with van der Waals surface area (Å²) in [5, 5.41) is 9.50. The van der Waals surface area contributed by atoms with E-state index in [1.54, 1.807) is 14.2 Å². The van der Waals surface area contributed by atoms with Gasteiger partial charge in [-0.2, -0.15) is 0 Å². The minimum Gasteiger partial charge on any atom is -0.496 e. The fraction of sp³-hybridized carbons (Fsp3) is 0.625. The van der Waals surface area contributed by atoms with Crippen molar-refractivity contribution in [2.24, 2.45) is 0 Å². The number of likely N-dealkylation sites (tertiary alicyclic amines) is 1. The molecule has 0 radical (unpaired) electrons. The Kier molecular flexibility index (Phi) is 5.02. The first-order valence-corrected chi connectivity index (χ1v) is 7.10. The highest BCUT2D eigenvalue weighted by Crippen LogP contribution is 2.27. The van der Waals surface area contributed by atoms with Gasteiger partial charge in [-0.3, -0.25) is 4.90 Å². The van der Waals surface area contributed by atoms with Gasteiger partial charge in [-0.15, -0.1) is 0 Å². The summed E-state index contributed by atoms with van der Waals surface area (Å²) in [7, 11) is 3.45. The van der Waals surface area contributed by atoms with Crippen LogP contribution in [-0.2, 0) is 11.3 Å². The highest BCUT2D eigenvalue weighted by molar-refractivity contribution is 5.43. The van der Waals surface area contributed by atoms with Crippen molar-refractivity contribution < 1.29 is 14.6 Å². The number of aryl methyl sites for hydroxylation is 2. The van der Waals surface area contributed by atoms with Crippen LogP contribution in [0.5, 0.6) is 5.75 Å². The molecule has 0 saturated carbocycles. The van der Waals surface area contributed by atoms with Crippen LogP contribution in [0.3, 0.4) is 0 Å². The highest BCUT2D eigenvalue weighted by Gasteiger charge is 2.31. The first-order valence-electron chi connectivity index (χ1n) is 7.10. The first-order chi connectivity index (χ1) is 9.58. The number of aliphatic hydroxyl groups excluding tert-OH is 1. The summed E-state index contributed by atoms with van der Waals surface area (Å²) in [4.78, 5) is 2.30. The fourth-order valence-electron chi connectivity index (χ4n) is 3.18. The Hall–Kier alpha value is -1.10. The van der Waals surface area contributed by atoms with E-state index in [0.29, 0.717) is 0 Å². The molecule has 2 rings (SSSR count). The molecule has 1 aromatic rings. The van der Waals surface area contributed by atoms with Crippen LogP contribution in [0.2, 0.25) is 0 Å². The zero-order valence-electron chi connectivity index (χ0n) is 12.8. The third-order valence-electron chi connectivity index (χ3n) is 4.14. The summed E-state index contributed by atoms with van der Waals surface area (Å²) in [5.41, 5.74) is 3.58. The van der Waals surface area contributed by atoms with E-state index in [0.717, 1.165) is 36.4 Å². The monoisotopic (exact) mass is 279 g/mol. The molecule has 2 atom stereocenters. The molecule has 0 aromatic heterocycles. The lowest BCUT2D eigenvalue weighted by molar-refractivity contribution is 0.107. The van der Waals surface area contributed by atoms with Crippen LogP contribution < -0.4 is 4.74 Å². The van der Waals surface area contributed by atoms with E-state index in [1.807, 2.05) is 0 Å². The van der Waals surface area contributed by atoms with Gasteiger partial charge in [0, 0.05) is 26.2 Å². The normalized spacial score (nSPS) is 23.2. The van der Waals surface area contributed by atoms with Crippen molar-refractivity contribution in [2.45, 2.75) is 39.0 Å². The van der Waals surface area contributed by atoms with Crippen LogP contribution in [0.25, 0.3) is 0 Å². The fourth-order valence-corrected chi connectivity index (χ4v) is 3.18. The van der Waals surface area contributed by atoms with Gasteiger partial charge >= 0.3 is 0 Å². The molecule has 0 amide bonds. The topological polar surface area (TPSA) is 41.9 Å². The lowest BCUT2D eigenvalue weighted by atomic mass is 10.0. The maximum atomic E-state index is 9.50. The molecule has 1 heterocycles. The van der Waals surface area contributed by atoms with Crippen molar-refractivity contribution in [1.29, 1.82) is 0 Å². The molecule has 0 spiro atoms. The minimum atomic E-state index is 0.188. The SMILES string of the molecule is COc1c(C)cc(CN2C[C@@H](OC)C[C@H]2CO)cc1C. The zero-order chi connectivity index (χ0) is 14.7. The number of ether oxygens (including phenoxy) is 2. The van der Waals surface area contributed by atoms with Crippen molar-refractivity contribution in [3.05, 3.63) is 28.8 Å². The molecule has 0 unspecified atom stereocenters. The van der Waals surface area contributed by atoms with Gasteiger partial charge in [0.25, 0.3) is 0 Å². The minimum absolute atomic E-state index is 0.188. The van der Waals surface area contributed by atoms with Crippen LogP contribution in [0.4, 0.5) is 0 Å². The van der Waals surface area contributed by atoms with Crippen LogP contribution in [0.1, 0.15) is 23.1 Å². The Morgan fingerprint density at radius 1 is 1.25 bits per heavy atom. The van der Waals surface area contributed by atoms with Crippen LogP contribution in [0.15, 0.2) is 12.1 Å². The maximum absolute atomic E-state index is 9.50. The number of aliphatic hydroxyl groups is 1. The highest BCUT2D eigenvalue weighted by atomic mass is 16.5. The molecule has 1 N–H and O–H groups in total. The largest absolute Gasteiger partial charge is 0.496 e. The molecular weight excluding hydrogens is 254 g/mol. The number of rotatable bonds is 5. The molecule has 1 fully saturated rings. The molecule has 0 aliphatic carbocycles. The lowest BCUT2D eigenvalue weighted by Crippen LogP contribution is -2.32. The van der Waals surface area contributed by atoms with Gasteiger partial charge < -0.3 is 14.6 Å². The zero-order valence-corrected chi connectivity index (χ0v) is 12.8. The average molecular weight is 279 g/mol. The quantitative estimate of drug-likeness (QED) is 0.894. The van der Waals surface area contributed by atoms with Gasteiger partial charge in [-0.05, 0) is 37.0 Å². The Morgan fingerprint density at radius 3 is 2.40 bits per heavy atom. The van der Waals surface area contributed by atoms with Crippen LogP contribution in [-0.4, -0.2) is 49.5 Å². The van der Waals surface area contributed by atoms with E-state index in [1.165, 1.54) is 5.56 Å². The van der Waals surface area contributed by atoms with Gasteiger partial charge in [0.1, 0.15) is 5.75 Å². The maximum Gasteiger partial charge on any atom is 0.124 e.